The van der Waals surface area contributed by atoms with Crippen molar-refractivity contribution in [2.75, 3.05) is 0 Å². The number of aromatic nitrogens is 2. The Morgan fingerprint density at radius 3 is 2.16 bits per heavy atom. The van der Waals surface area contributed by atoms with Crippen LogP contribution in [0, 0.1) is 0 Å². The zero-order valence-corrected chi connectivity index (χ0v) is 9.93. The molecule has 0 fully saturated rings. The lowest BCUT2D eigenvalue weighted by Gasteiger charge is -1.97. The molecule has 5 nitrogen and oxygen atoms in total. The number of rotatable bonds is 2. The molecule has 0 unspecified atom stereocenters. The molecule has 0 radical (unpaired) electrons. The van der Waals surface area contributed by atoms with Gasteiger partial charge in [0.15, 0.2) is 0 Å². The summed E-state index contributed by atoms with van der Waals surface area (Å²) in [6, 6.07) is 12.0. The molecule has 0 atom stereocenters. The summed E-state index contributed by atoms with van der Waals surface area (Å²) in [5, 5.41) is 17.4. The van der Waals surface area contributed by atoms with Crippen LogP contribution in [0.25, 0.3) is 11.0 Å². The predicted octanol–water partition coefficient (Wildman–Crippen LogP) is 3.75. The van der Waals surface area contributed by atoms with Gasteiger partial charge in [0.2, 0.25) is 0 Å². The van der Waals surface area contributed by atoms with Crippen LogP contribution < -0.4 is 0 Å². The van der Waals surface area contributed by atoms with E-state index in [0.717, 1.165) is 11.0 Å². The van der Waals surface area contributed by atoms with Crippen LogP contribution in [0.15, 0.2) is 65.1 Å². The van der Waals surface area contributed by atoms with Crippen molar-refractivity contribution in [3.05, 3.63) is 54.9 Å². The number of hydrogen-bond acceptors (Lipinski definition) is 5. The summed E-state index contributed by atoms with van der Waals surface area (Å²) < 4.78 is 0. The Balaban J connectivity index is 1.90. The first-order chi connectivity index (χ1) is 9.31. The molecule has 0 bridgehead atoms. The van der Waals surface area contributed by atoms with Gasteiger partial charge in [0.05, 0.1) is 22.4 Å². The normalized spacial score (nSPS) is 11.2. The molecule has 0 aliphatic carbocycles. The Kier molecular flexibility index (Phi) is 2.86. The van der Waals surface area contributed by atoms with Crippen LogP contribution in [0.1, 0.15) is 0 Å². The number of phenolic OH excluding ortho intramolecular Hbond substituents is 1. The molecule has 2 aromatic carbocycles. The Hall–Kier alpha value is -2.82. The number of nitrogens with zero attached hydrogens (tertiary/aromatic N) is 4. The Morgan fingerprint density at radius 1 is 0.737 bits per heavy atom. The van der Waals surface area contributed by atoms with Gasteiger partial charge in [-0.3, -0.25) is 9.97 Å². The Morgan fingerprint density at radius 2 is 1.37 bits per heavy atom. The average Bonchev–Trinajstić information content (AvgIpc) is 2.46. The standard InChI is InChI=1S/C14H10N4O/c19-12-4-1-10(2-5-12)17-18-11-3-6-13-14(9-11)16-8-7-15-13/h1-9,19H. The molecule has 1 heterocycles. The molecule has 92 valence electrons. The second-order valence-corrected chi connectivity index (χ2v) is 3.95. The van der Waals surface area contributed by atoms with Crippen LogP contribution in [-0.4, -0.2) is 15.1 Å². The number of benzene rings is 2. The Bertz CT molecular complexity index is 738. The highest BCUT2D eigenvalue weighted by molar-refractivity contribution is 5.77. The summed E-state index contributed by atoms with van der Waals surface area (Å²) in [6.07, 6.45) is 3.29. The van der Waals surface area contributed by atoms with E-state index in [1.54, 1.807) is 36.7 Å². The molecule has 5 heteroatoms. The van der Waals surface area contributed by atoms with E-state index in [-0.39, 0.29) is 5.75 Å². The van der Waals surface area contributed by atoms with E-state index in [1.807, 2.05) is 18.2 Å². The van der Waals surface area contributed by atoms with E-state index in [2.05, 4.69) is 20.2 Å². The van der Waals surface area contributed by atoms with Crippen molar-refractivity contribution >= 4 is 22.4 Å². The maximum absolute atomic E-state index is 9.17. The quantitative estimate of drug-likeness (QED) is 0.704. The van der Waals surface area contributed by atoms with Crippen LogP contribution in [0.4, 0.5) is 11.4 Å². The van der Waals surface area contributed by atoms with E-state index in [9.17, 15) is 5.11 Å². The van der Waals surface area contributed by atoms with E-state index in [4.69, 9.17) is 0 Å². The maximum atomic E-state index is 9.17. The van der Waals surface area contributed by atoms with Gasteiger partial charge in [0.1, 0.15) is 5.75 Å². The van der Waals surface area contributed by atoms with Gasteiger partial charge >= 0.3 is 0 Å². The summed E-state index contributed by atoms with van der Waals surface area (Å²) in [5.41, 5.74) is 2.99. The molecule has 1 aromatic heterocycles. The lowest BCUT2D eigenvalue weighted by Crippen LogP contribution is -1.80. The van der Waals surface area contributed by atoms with Crippen molar-refractivity contribution in [3.8, 4) is 5.75 Å². The average molecular weight is 250 g/mol. The minimum Gasteiger partial charge on any atom is -0.508 e. The number of phenols is 1. The van der Waals surface area contributed by atoms with Crippen molar-refractivity contribution in [2.24, 2.45) is 10.2 Å². The summed E-state index contributed by atoms with van der Waals surface area (Å²) in [7, 11) is 0. The van der Waals surface area contributed by atoms with Crippen molar-refractivity contribution < 1.29 is 5.11 Å². The number of aromatic hydroxyl groups is 1. The van der Waals surface area contributed by atoms with Crippen LogP contribution >= 0.6 is 0 Å². The van der Waals surface area contributed by atoms with E-state index in [1.165, 1.54) is 0 Å². The Labute approximate surface area is 109 Å². The first kappa shape index (κ1) is 11.3. The number of fused-ring (bicyclic) bond motifs is 1. The summed E-state index contributed by atoms with van der Waals surface area (Å²) in [6.45, 7) is 0. The molecular formula is C14H10N4O. The maximum Gasteiger partial charge on any atom is 0.115 e. The number of hydrogen-bond donors (Lipinski definition) is 1. The third-order valence-corrected chi connectivity index (χ3v) is 2.58. The number of azo groups is 1. The van der Waals surface area contributed by atoms with E-state index >= 15 is 0 Å². The van der Waals surface area contributed by atoms with Gasteiger partial charge in [-0.05, 0) is 42.5 Å². The lowest BCUT2D eigenvalue weighted by atomic mass is 10.3. The molecular weight excluding hydrogens is 240 g/mol. The van der Waals surface area contributed by atoms with Gasteiger partial charge in [0, 0.05) is 12.4 Å². The zero-order chi connectivity index (χ0) is 13.1. The highest BCUT2D eigenvalue weighted by Gasteiger charge is 1.97. The molecule has 1 N–H and O–H groups in total. The monoisotopic (exact) mass is 250 g/mol. The summed E-state index contributed by atoms with van der Waals surface area (Å²) in [5.74, 6) is 0.208. The van der Waals surface area contributed by atoms with Gasteiger partial charge in [-0.25, -0.2) is 0 Å². The first-order valence-corrected chi connectivity index (χ1v) is 5.73. The minimum absolute atomic E-state index is 0.208. The van der Waals surface area contributed by atoms with Gasteiger partial charge < -0.3 is 5.11 Å². The molecule has 3 rings (SSSR count). The fourth-order valence-corrected chi connectivity index (χ4v) is 1.65. The predicted molar refractivity (Wildman–Crippen MR) is 71.8 cm³/mol. The van der Waals surface area contributed by atoms with Crippen LogP contribution in [-0.2, 0) is 0 Å². The minimum atomic E-state index is 0.208. The fourth-order valence-electron chi connectivity index (χ4n) is 1.65. The van der Waals surface area contributed by atoms with Crippen LogP contribution in [0.5, 0.6) is 5.75 Å². The molecule has 0 spiro atoms. The largest absolute Gasteiger partial charge is 0.508 e. The van der Waals surface area contributed by atoms with Gasteiger partial charge in [0.25, 0.3) is 0 Å². The molecule has 0 saturated heterocycles. The molecule has 0 saturated carbocycles. The molecule has 0 aliphatic rings. The van der Waals surface area contributed by atoms with Gasteiger partial charge in [-0.1, -0.05) is 0 Å². The van der Waals surface area contributed by atoms with E-state index in [0.29, 0.717) is 11.4 Å². The zero-order valence-electron chi connectivity index (χ0n) is 9.93. The van der Waals surface area contributed by atoms with Crippen molar-refractivity contribution in [1.82, 2.24) is 9.97 Å². The third kappa shape index (κ3) is 2.55. The van der Waals surface area contributed by atoms with E-state index < -0.39 is 0 Å². The lowest BCUT2D eigenvalue weighted by molar-refractivity contribution is 0.475. The van der Waals surface area contributed by atoms with Crippen molar-refractivity contribution in [3.63, 3.8) is 0 Å². The molecule has 3 aromatic rings. The fraction of sp³-hybridized carbons (Fsp3) is 0. The molecule has 0 amide bonds. The summed E-state index contributed by atoms with van der Waals surface area (Å²) >= 11 is 0. The van der Waals surface area contributed by atoms with Gasteiger partial charge in [-0.15, -0.1) is 0 Å². The molecule has 19 heavy (non-hydrogen) atoms. The highest BCUT2D eigenvalue weighted by atomic mass is 16.3. The molecule has 0 aliphatic heterocycles. The highest BCUT2D eigenvalue weighted by Crippen LogP contribution is 2.22. The van der Waals surface area contributed by atoms with Crippen LogP contribution in [0.3, 0.4) is 0 Å². The van der Waals surface area contributed by atoms with Gasteiger partial charge in [-0.2, -0.15) is 10.2 Å². The van der Waals surface area contributed by atoms with Crippen LogP contribution in [0.2, 0.25) is 0 Å². The van der Waals surface area contributed by atoms with Crippen molar-refractivity contribution in [1.29, 1.82) is 0 Å². The second-order valence-electron chi connectivity index (χ2n) is 3.95. The summed E-state index contributed by atoms with van der Waals surface area (Å²) in [4.78, 5) is 8.40. The first-order valence-electron chi connectivity index (χ1n) is 5.73. The topological polar surface area (TPSA) is 70.7 Å². The SMILES string of the molecule is Oc1ccc(N=Nc2ccc3nccnc3c2)cc1. The second kappa shape index (κ2) is 4.81. The third-order valence-electron chi connectivity index (χ3n) is 2.58. The smallest absolute Gasteiger partial charge is 0.115 e. The van der Waals surface area contributed by atoms with Crippen molar-refractivity contribution in [2.45, 2.75) is 0 Å².